The Hall–Kier alpha value is -1.71. The van der Waals surface area contributed by atoms with Crippen molar-refractivity contribution < 1.29 is 5.11 Å². The van der Waals surface area contributed by atoms with Crippen LogP contribution in [0.5, 0.6) is 5.75 Å². The molecule has 0 bridgehead atoms. The average molecular weight is 340 g/mol. The number of phenols is 1. The molecule has 1 aliphatic carbocycles. The van der Waals surface area contributed by atoms with Gasteiger partial charge >= 0.3 is 0 Å². The minimum atomic E-state index is -0.132. The minimum Gasteiger partial charge on any atom is -0.508 e. The summed E-state index contributed by atoms with van der Waals surface area (Å²) < 4.78 is 0. The molecule has 2 atom stereocenters. The molecule has 3 N–H and O–H groups in total. The summed E-state index contributed by atoms with van der Waals surface area (Å²) in [5, 5.41) is 10.2. The van der Waals surface area contributed by atoms with Crippen LogP contribution >= 0.6 is 11.8 Å². The van der Waals surface area contributed by atoms with E-state index in [4.69, 9.17) is 5.73 Å². The standard InChI is InChI=1S/C21H25NOS/c1-21(2)18-14-17(23)11-10-16(18)13-19(20(21)22)24-12-6-9-15-7-4-3-5-8-15/h3-11,14,19-20,23H,12-13,22H2,1-2H3/b9-6+. The third-order valence-corrected chi connectivity index (χ3v) is 6.23. The lowest BCUT2D eigenvalue weighted by molar-refractivity contribution is 0.369. The number of hydrogen-bond donors (Lipinski definition) is 2. The molecule has 2 nitrogen and oxygen atoms in total. The monoisotopic (exact) mass is 339 g/mol. The van der Waals surface area contributed by atoms with Gasteiger partial charge < -0.3 is 10.8 Å². The van der Waals surface area contributed by atoms with Crippen LogP contribution in [0.4, 0.5) is 0 Å². The third kappa shape index (κ3) is 3.52. The summed E-state index contributed by atoms with van der Waals surface area (Å²) in [7, 11) is 0. The molecule has 0 spiro atoms. The van der Waals surface area contributed by atoms with Crippen molar-refractivity contribution in [3.63, 3.8) is 0 Å². The number of thioether (sulfide) groups is 1. The Morgan fingerprint density at radius 3 is 2.71 bits per heavy atom. The van der Waals surface area contributed by atoms with Gasteiger partial charge in [0.1, 0.15) is 5.75 Å². The molecule has 1 aliphatic rings. The normalized spacial score (nSPS) is 22.5. The predicted molar refractivity (Wildman–Crippen MR) is 105 cm³/mol. The number of aromatic hydroxyl groups is 1. The molecule has 2 aromatic carbocycles. The minimum absolute atomic E-state index is 0.0712. The summed E-state index contributed by atoms with van der Waals surface area (Å²) in [6, 6.07) is 16.1. The topological polar surface area (TPSA) is 46.2 Å². The van der Waals surface area contributed by atoms with Gasteiger partial charge in [0.25, 0.3) is 0 Å². The maximum absolute atomic E-state index is 9.80. The van der Waals surface area contributed by atoms with Crippen molar-refractivity contribution in [1.82, 2.24) is 0 Å². The smallest absolute Gasteiger partial charge is 0.115 e. The first-order valence-corrected chi connectivity index (χ1v) is 9.44. The Kier molecular flexibility index (Phi) is 5.02. The molecule has 0 aliphatic heterocycles. The highest BCUT2D eigenvalue weighted by atomic mass is 32.2. The van der Waals surface area contributed by atoms with Gasteiger partial charge in [-0.2, -0.15) is 11.8 Å². The SMILES string of the molecule is CC1(C)c2cc(O)ccc2CC(SC/C=C/c2ccccc2)C1N. The molecule has 0 radical (unpaired) electrons. The van der Waals surface area contributed by atoms with Crippen LogP contribution in [0.2, 0.25) is 0 Å². The molecule has 3 heteroatoms. The molecule has 0 aromatic heterocycles. The van der Waals surface area contributed by atoms with E-state index in [1.165, 1.54) is 16.7 Å². The second-order valence-corrected chi connectivity index (χ2v) is 8.25. The van der Waals surface area contributed by atoms with Gasteiger partial charge in [0.15, 0.2) is 0 Å². The highest BCUT2D eigenvalue weighted by molar-refractivity contribution is 8.00. The van der Waals surface area contributed by atoms with Gasteiger partial charge in [-0.15, -0.1) is 0 Å². The molecule has 0 fully saturated rings. The van der Waals surface area contributed by atoms with Crippen LogP contribution < -0.4 is 5.73 Å². The maximum atomic E-state index is 9.80. The Morgan fingerprint density at radius 1 is 1.21 bits per heavy atom. The van der Waals surface area contributed by atoms with Crippen LogP contribution in [0.15, 0.2) is 54.6 Å². The predicted octanol–water partition coefficient (Wildman–Crippen LogP) is 4.37. The summed E-state index contributed by atoms with van der Waals surface area (Å²) in [4.78, 5) is 0. The second kappa shape index (κ2) is 7.04. The molecular formula is C21H25NOS. The average Bonchev–Trinajstić information content (AvgIpc) is 2.58. The van der Waals surface area contributed by atoms with Crippen LogP contribution in [0.3, 0.4) is 0 Å². The quantitative estimate of drug-likeness (QED) is 0.869. The van der Waals surface area contributed by atoms with E-state index in [9.17, 15) is 5.11 Å². The van der Waals surface area contributed by atoms with E-state index >= 15 is 0 Å². The largest absolute Gasteiger partial charge is 0.508 e. The highest BCUT2D eigenvalue weighted by Gasteiger charge is 2.40. The van der Waals surface area contributed by atoms with Gasteiger partial charge in [-0.1, -0.05) is 62.4 Å². The molecule has 2 aromatic rings. The molecule has 0 saturated heterocycles. The van der Waals surface area contributed by atoms with E-state index in [2.05, 4.69) is 50.3 Å². The van der Waals surface area contributed by atoms with Crippen molar-refractivity contribution in [1.29, 1.82) is 0 Å². The van der Waals surface area contributed by atoms with Gasteiger partial charge in [0.05, 0.1) is 0 Å². The molecule has 126 valence electrons. The van der Waals surface area contributed by atoms with Crippen molar-refractivity contribution in [3.05, 3.63) is 71.3 Å². The van der Waals surface area contributed by atoms with E-state index in [0.29, 0.717) is 11.0 Å². The molecule has 2 unspecified atom stereocenters. The first kappa shape index (κ1) is 17.1. The van der Waals surface area contributed by atoms with Crippen LogP contribution in [-0.2, 0) is 11.8 Å². The summed E-state index contributed by atoms with van der Waals surface area (Å²) in [5.74, 6) is 1.28. The van der Waals surface area contributed by atoms with Gasteiger partial charge in [-0.25, -0.2) is 0 Å². The van der Waals surface area contributed by atoms with Crippen molar-refractivity contribution in [2.45, 2.75) is 37.0 Å². The van der Waals surface area contributed by atoms with Crippen LogP contribution in [0.25, 0.3) is 6.08 Å². The number of benzene rings is 2. The molecule has 0 heterocycles. The van der Waals surface area contributed by atoms with Crippen molar-refractivity contribution >= 4 is 17.8 Å². The second-order valence-electron chi connectivity index (χ2n) is 6.98. The highest BCUT2D eigenvalue weighted by Crippen LogP contribution is 2.41. The van der Waals surface area contributed by atoms with Crippen molar-refractivity contribution in [2.24, 2.45) is 5.73 Å². The Bertz CT molecular complexity index is 724. The van der Waals surface area contributed by atoms with E-state index in [1.54, 1.807) is 6.07 Å². The van der Waals surface area contributed by atoms with Crippen molar-refractivity contribution in [3.8, 4) is 5.75 Å². The van der Waals surface area contributed by atoms with Crippen LogP contribution in [0.1, 0.15) is 30.5 Å². The maximum Gasteiger partial charge on any atom is 0.115 e. The van der Waals surface area contributed by atoms with Gasteiger partial charge in [-0.3, -0.25) is 0 Å². The number of nitrogens with two attached hydrogens (primary N) is 1. The van der Waals surface area contributed by atoms with Crippen molar-refractivity contribution in [2.75, 3.05) is 5.75 Å². The number of fused-ring (bicyclic) bond motifs is 1. The lowest BCUT2D eigenvalue weighted by Gasteiger charge is -2.43. The molecular weight excluding hydrogens is 314 g/mol. The molecule has 0 amide bonds. The Labute approximate surface area is 148 Å². The van der Waals surface area contributed by atoms with Crippen LogP contribution in [0, 0.1) is 0 Å². The first-order chi connectivity index (χ1) is 11.5. The van der Waals surface area contributed by atoms with E-state index in [-0.39, 0.29) is 11.5 Å². The summed E-state index contributed by atoms with van der Waals surface area (Å²) >= 11 is 1.92. The van der Waals surface area contributed by atoms with Gasteiger partial charge in [0, 0.05) is 22.5 Å². The zero-order chi connectivity index (χ0) is 17.2. The number of rotatable bonds is 4. The molecule has 3 rings (SSSR count). The molecule has 0 saturated carbocycles. The van der Waals surface area contributed by atoms with Gasteiger partial charge in [-0.05, 0) is 35.2 Å². The fourth-order valence-corrected chi connectivity index (χ4v) is 4.72. The van der Waals surface area contributed by atoms with E-state index < -0.39 is 0 Å². The summed E-state index contributed by atoms with van der Waals surface area (Å²) in [6.07, 6.45) is 5.34. The first-order valence-electron chi connectivity index (χ1n) is 8.39. The zero-order valence-electron chi connectivity index (χ0n) is 14.3. The van der Waals surface area contributed by atoms with Crippen LogP contribution in [-0.4, -0.2) is 22.2 Å². The Balaban J connectivity index is 1.69. The fourth-order valence-electron chi connectivity index (χ4n) is 3.42. The molecule has 24 heavy (non-hydrogen) atoms. The van der Waals surface area contributed by atoms with Gasteiger partial charge in [0.2, 0.25) is 0 Å². The van der Waals surface area contributed by atoms with E-state index in [1.807, 2.05) is 30.0 Å². The number of hydrogen-bond acceptors (Lipinski definition) is 3. The fraction of sp³-hybridized carbons (Fsp3) is 0.333. The zero-order valence-corrected chi connectivity index (χ0v) is 15.1. The lowest BCUT2D eigenvalue weighted by atomic mass is 9.69. The third-order valence-electron chi connectivity index (χ3n) is 4.96. The van der Waals surface area contributed by atoms with E-state index in [0.717, 1.165) is 12.2 Å². The lowest BCUT2D eigenvalue weighted by Crippen LogP contribution is -2.52. The summed E-state index contributed by atoms with van der Waals surface area (Å²) in [6.45, 7) is 4.37. The summed E-state index contributed by atoms with van der Waals surface area (Å²) in [5.41, 5.74) is 10.2. The number of phenolic OH excluding ortho intramolecular Hbond substituents is 1. The Morgan fingerprint density at radius 2 is 1.96 bits per heavy atom.